The van der Waals surface area contributed by atoms with Crippen LogP contribution in [0.25, 0.3) is 0 Å². The van der Waals surface area contributed by atoms with Crippen molar-refractivity contribution in [2.45, 2.75) is 26.3 Å². The molecule has 0 aromatic rings. The third-order valence-corrected chi connectivity index (χ3v) is 6.05. The molecule has 0 aliphatic carbocycles. The van der Waals surface area contributed by atoms with Gasteiger partial charge in [-0.3, -0.25) is 4.90 Å². The van der Waals surface area contributed by atoms with Gasteiger partial charge in [0.25, 0.3) is 0 Å². The van der Waals surface area contributed by atoms with Crippen LogP contribution in [-0.4, -0.2) is 99.9 Å². The number of morpholine rings is 1. The first-order valence-electron chi connectivity index (χ1n) is 9.07. The average molecular weight is 377 g/mol. The van der Waals surface area contributed by atoms with Crippen LogP contribution in [0.3, 0.4) is 0 Å². The molecule has 0 bridgehead atoms. The number of amides is 2. The highest BCUT2D eigenvalue weighted by atomic mass is 32.2. The van der Waals surface area contributed by atoms with Gasteiger partial charge in [-0.05, 0) is 12.3 Å². The standard InChI is InChI=1S/C16H32N4O4S/c1-14(2)4-5-17-16(21)19-12-15(13-19)20(25(3,22)23)7-6-18-8-10-24-11-9-18/h14-15H,4-13H2,1-3H3,(H,17,21). The molecule has 2 heterocycles. The fourth-order valence-corrected chi connectivity index (χ4v) is 4.15. The molecule has 2 fully saturated rings. The fraction of sp³-hybridized carbons (Fsp3) is 0.938. The highest BCUT2D eigenvalue weighted by molar-refractivity contribution is 7.88. The Morgan fingerprint density at radius 3 is 2.48 bits per heavy atom. The lowest BCUT2D eigenvalue weighted by Crippen LogP contribution is -2.64. The third kappa shape index (κ3) is 6.40. The van der Waals surface area contributed by atoms with E-state index in [0.717, 1.165) is 19.5 Å². The monoisotopic (exact) mass is 376 g/mol. The molecule has 146 valence electrons. The van der Waals surface area contributed by atoms with Crippen LogP contribution in [0.1, 0.15) is 20.3 Å². The first kappa shape index (κ1) is 20.4. The van der Waals surface area contributed by atoms with E-state index in [-0.39, 0.29) is 12.1 Å². The summed E-state index contributed by atoms with van der Waals surface area (Å²) in [5.41, 5.74) is 0. The molecule has 0 atom stereocenters. The Balaban J connectivity index is 1.77. The Morgan fingerprint density at radius 2 is 1.92 bits per heavy atom. The van der Waals surface area contributed by atoms with Crippen molar-refractivity contribution in [3.63, 3.8) is 0 Å². The van der Waals surface area contributed by atoms with Gasteiger partial charge in [-0.2, -0.15) is 4.31 Å². The summed E-state index contributed by atoms with van der Waals surface area (Å²) >= 11 is 0. The lowest BCUT2D eigenvalue weighted by atomic mass is 10.1. The lowest BCUT2D eigenvalue weighted by molar-refractivity contribution is 0.0314. The molecule has 2 aliphatic rings. The second-order valence-electron chi connectivity index (χ2n) is 7.30. The largest absolute Gasteiger partial charge is 0.379 e. The summed E-state index contributed by atoms with van der Waals surface area (Å²) in [5.74, 6) is 0.547. The summed E-state index contributed by atoms with van der Waals surface area (Å²) in [7, 11) is -3.29. The van der Waals surface area contributed by atoms with Gasteiger partial charge in [-0.25, -0.2) is 13.2 Å². The van der Waals surface area contributed by atoms with Crippen LogP contribution >= 0.6 is 0 Å². The Morgan fingerprint density at radius 1 is 1.28 bits per heavy atom. The summed E-state index contributed by atoms with van der Waals surface area (Å²) in [6.07, 6.45) is 2.19. The molecule has 0 saturated carbocycles. The van der Waals surface area contributed by atoms with Crippen molar-refractivity contribution in [3.05, 3.63) is 0 Å². The van der Waals surface area contributed by atoms with E-state index >= 15 is 0 Å². The summed E-state index contributed by atoms with van der Waals surface area (Å²) in [5, 5.41) is 2.89. The number of nitrogens with zero attached hydrogens (tertiary/aromatic N) is 3. The van der Waals surface area contributed by atoms with E-state index in [1.54, 1.807) is 9.21 Å². The molecular formula is C16H32N4O4S. The SMILES string of the molecule is CC(C)CCNC(=O)N1CC(N(CCN2CCOCC2)S(C)(=O)=O)C1. The van der Waals surface area contributed by atoms with Gasteiger partial charge in [0.15, 0.2) is 0 Å². The van der Waals surface area contributed by atoms with Gasteiger partial charge in [0.1, 0.15) is 0 Å². The highest BCUT2D eigenvalue weighted by Gasteiger charge is 2.38. The molecule has 1 N–H and O–H groups in total. The van der Waals surface area contributed by atoms with Gasteiger partial charge < -0.3 is 15.0 Å². The third-order valence-electron chi connectivity index (χ3n) is 4.72. The van der Waals surface area contributed by atoms with E-state index in [1.807, 2.05) is 0 Å². The molecule has 0 radical (unpaired) electrons. The van der Waals surface area contributed by atoms with Gasteiger partial charge in [-0.1, -0.05) is 13.8 Å². The van der Waals surface area contributed by atoms with Crippen LogP contribution < -0.4 is 5.32 Å². The van der Waals surface area contributed by atoms with Crippen LogP contribution in [0.4, 0.5) is 4.79 Å². The summed E-state index contributed by atoms with van der Waals surface area (Å²) in [6, 6.07) is -0.217. The predicted molar refractivity (Wildman–Crippen MR) is 97.0 cm³/mol. The fourth-order valence-electron chi connectivity index (χ4n) is 3.07. The van der Waals surface area contributed by atoms with E-state index < -0.39 is 10.0 Å². The molecule has 2 amide bonds. The number of urea groups is 1. The minimum absolute atomic E-state index is 0.0986. The lowest BCUT2D eigenvalue weighted by Gasteiger charge is -2.44. The number of likely N-dealkylation sites (tertiary alicyclic amines) is 1. The van der Waals surface area contributed by atoms with E-state index in [1.165, 1.54) is 6.26 Å². The molecule has 0 aromatic carbocycles. The molecule has 2 saturated heterocycles. The number of sulfonamides is 1. The van der Waals surface area contributed by atoms with Gasteiger partial charge in [0.2, 0.25) is 10.0 Å². The van der Waals surface area contributed by atoms with Crippen LogP contribution in [-0.2, 0) is 14.8 Å². The zero-order valence-corrected chi connectivity index (χ0v) is 16.4. The maximum absolute atomic E-state index is 12.1. The second-order valence-corrected chi connectivity index (χ2v) is 9.24. The van der Waals surface area contributed by atoms with Gasteiger partial charge >= 0.3 is 6.03 Å². The van der Waals surface area contributed by atoms with Crippen molar-refractivity contribution in [2.24, 2.45) is 5.92 Å². The van der Waals surface area contributed by atoms with Crippen molar-refractivity contribution < 1.29 is 17.9 Å². The van der Waals surface area contributed by atoms with Crippen molar-refractivity contribution >= 4 is 16.1 Å². The zero-order chi connectivity index (χ0) is 18.4. The quantitative estimate of drug-likeness (QED) is 0.646. The maximum atomic E-state index is 12.1. The summed E-state index contributed by atoms with van der Waals surface area (Å²) < 4.78 is 31.1. The Kier molecular flexibility index (Phi) is 7.48. The number of carbonyl (C=O) groups excluding carboxylic acids is 1. The van der Waals surface area contributed by atoms with Crippen LogP contribution in [0.2, 0.25) is 0 Å². The number of hydrogen-bond donors (Lipinski definition) is 1. The number of ether oxygens (including phenoxy) is 1. The van der Waals surface area contributed by atoms with E-state index in [4.69, 9.17) is 4.74 Å². The minimum Gasteiger partial charge on any atom is -0.379 e. The van der Waals surface area contributed by atoms with Crippen molar-refractivity contribution in [1.29, 1.82) is 0 Å². The normalized spacial score (nSPS) is 20.1. The molecule has 9 heteroatoms. The van der Waals surface area contributed by atoms with Gasteiger partial charge in [-0.15, -0.1) is 0 Å². The Labute approximate surface area is 151 Å². The molecule has 0 aromatic heterocycles. The summed E-state index contributed by atoms with van der Waals surface area (Å²) in [4.78, 5) is 16.0. The van der Waals surface area contributed by atoms with E-state index in [9.17, 15) is 13.2 Å². The second kappa shape index (κ2) is 9.16. The van der Waals surface area contributed by atoms with Crippen molar-refractivity contribution in [3.8, 4) is 0 Å². The zero-order valence-electron chi connectivity index (χ0n) is 15.6. The molecule has 0 unspecified atom stereocenters. The minimum atomic E-state index is -3.29. The predicted octanol–water partition coefficient (Wildman–Crippen LogP) is 0.0201. The molecule has 8 nitrogen and oxygen atoms in total. The van der Waals surface area contributed by atoms with E-state index in [0.29, 0.717) is 51.9 Å². The maximum Gasteiger partial charge on any atom is 0.317 e. The molecule has 2 rings (SSSR count). The number of hydrogen-bond acceptors (Lipinski definition) is 5. The first-order chi connectivity index (χ1) is 11.8. The van der Waals surface area contributed by atoms with Crippen LogP contribution in [0.5, 0.6) is 0 Å². The molecule has 0 spiro atoms. The summed E-state index contributed by atoms with van der Waals surface area (Å²) in [6.45, 7) is 10.1. The Bertz CT molecular complexity index is 528. The van der Waals surface area contributed by atoms with Gasteiger partial charge in [0.05, 0.1) is 25.5 Å². The molecule has 25 heavy (non-hydrogen) atoms. The topological polar surface area (TPSA) is 82.2 Å². The number of rotatable bonds is 8. The highest BCUT2D eigenvalue weighted by Crippen LogP contribution is 2.18. The molecule has 2 aliphatic heterocycles. The van der Waals surface area contributed by atoms with Crippen molar-refractivity contribution in [2.75, 3.05) is 65.3 Å². The van der Waals surface area contributed by atoms with Crippen LogP contribution in [0.15, 0.2) is 0 Å². The smallest absolute Gasteiger partial charge is 0.317 e. The average Bonchev–Trinajstić information content (AvgIpc) is 2.48. The first-order valence-corrected chi connectivity index (χ1v) is 10.9. The molecular weight excluding hydrogens is 344 g/mol. The number of nitrogens with one attached hydrogen (secondary N) is 1. The van der Waals surface area contributed by atoms with Crippen LogP contribution in [0, 0.1) is 5.92 Å². The van der Waals surface area contributed by atoms with Gasteiger partial charge in [0, 0.05) is 45.8 Å². The Hall–Kier alpha value is -0.900. The van der Waals surface area contributed by atoms with E-state index in [2.05, 4.69) is 24.1 Å². The number of carbonyl (C=O) groups is 1. The van der Waals surface area contributed by atoms with Crippen molar-refractivity contribution in [1.82, 2.24) is 19.4 Å².